The van der Waals surface area contributed by atoms with Crippen molar-refractivity contribution in [3.63, 3.8) is 0 Å². The number of anilines is 1. The molecule has 2 amide bonds. The Kier molecular flexibility index (Phi) is 9.78. The number of nitrogens with zero attached hydrogens (tertiary/aromatic N) is 4. The topological polar surface area (TPSA) is 80.3 Å². The number of rotatable bonds is 6. The highest BCUT2D eigenvalue weighted by atomic mass is 127. The third kappa shape index (κ3) is 6.81. The van der Waals surface area contributed by atoms with Gasteiger partial charge in [-0.1, -0.05) is 31.0 Å². The lowest BCUT2D eigenvalue weighted by molar-refractivity contribution is -0.137. The highest BCUT2D eigenvalue weighted by Crippen LogP contribution is 2.27. The van der Waals surface area contributed by atoms with E-state index >= 15 is 0 Å². The Morgan fingerprint density at radius 2 is 1.79 bits per heavy atom. The first kappa shape index (κ1) is 25.7. The second-order valence-corrected chi connectivity index (χ2v) is 9.03. The summed E-state index contributed by atoms with van der Waals surface area (Å²) in [6.07, 6.45) is 5.02. The van der Waals surface area contributed by atoms with Gasteiger partial charge in [-0.25, -0.2) is 0 Å². The lowest BCUT2D eigenvalue weighted by Crippen LogP contribution is -2.52. The number of halogens is 1. The Morgan fingerprint density at radius 1 is 1.09 bits per heavy atom. The molecule has 8 nitrogen and oxygen atoms in total. The molecule has 9 heteroatoms. The quantitative estimate of drug-likeness (QED) is 0.312. The van der Waals surface area contributed by atoms with Crippen LogP contribution in [-0.2, 0) is 9.59 Å². The van der Waals surface area contributed by atoms with Gasteiger partial charge in [0, 0.05) is 70.9 Å². The van der Waals surface area contributed by atoms with Crippen molar-refractivity contribution in [1.82, 2.24) is 20.4 Å². The van der Waals surface area contributed by atoms with Crippen LogP contribution in [0, 0.1) is 5.92 Å². The number of piperazine rings is 1. The highest BCUT2D eigenvalue weighted by molar-refractivity contribution is 14.0. The van der Waals surface area contributed by atoms with Gasteiger partial charge in [0.15, 0.2) is 5.96 Å². The molecule has 1 aromatic rings. The molecule has 1 unspecified atom stereocenters. The summed E-state index contributed by atoms with van der Waals surface area (Å²) < 4.78 is 0. The predicted octanol–water partition coefficient (Wildman–Crippen LogP) is 1.91. The van der Waals surface area contributed by atoms with Gasteiger partial charge < -0.3 is 20.4 Å². The number of nitrogens with one attached hydrogen (secondary N) is 2. The first-order valence-electron chi connectivity index (χ1n) is 12.0. The molecule has 1 atom stereocenters. The van der Waals surface area contributed by atoms with Gasteiger partial charge in [-0.2, -0.15) is 0 Å². The number of carbonyl (C=O) groups is 2. The molecule has 1 saturated carbocycles. The standard InChI is InChI=1S/C24H36N6O2.HI/c1-25-24(27-20-17-22(31)30(18-20)21-9-3-2-4-10-21)26-11-12-28-13-15-29(16-14-28)23(32)19-7-5-6-8-19;/h2-4,9-10,19-20H,5-8,11-18H2,1H3,(H2,25,26,27);1H. The number of hydrogen-bond acceptors (Lipinski definition) is 4. The van der Waals surface area contributed by atoms with Crippen molar-refractivity contribution in [2.75, 3.05) is 57.8 Å². The van der Waals surface area contributed by atoms with Crippen LogP contribution in [0.2, 0.25) is 0 Å². The Hall–Kier alpha value is -1.88. The molecule has 3 aliphatic rings. The van der Waals surface area contributed by atoms with Gasteiger partial charge in [0.2, 0.25) is 11.8 Å². The molecular formula is C24H37IN6O2. The Balaban J connectivity index is 0.00000306. The van der Waals surface area contributed by atoms with Crippen LogP contribution in [-0.4, -0.2) is 86.5 Å². The van der Waals surface area contributed by atoms with Crippen LogP contribution in [0.15, 0.2) is 35.3 Å². The number of hydrogen-bond donors (Lipinski definition) is 2. The number of benzene rings is 1. The molecule has 2 N–H and O–H groups in total. The van der Waals surface area contributed by atoms with Crippen LogP contribution in [0.5, 0.6) is 0 Å². The predicted molar refractivity (Wildman–Crippen MR) is 142 cm³/mol. The monoisotopic (exact) mass is 568 g/mol. The van der Waals surface area contributed by atoms with Crippen molar-refractivity contribution in [2.45, 2.75) is 38.1 Å². The fraction of sp³-hybridized carbons (Fsp3) is 0.625. The first-order chi connectivity index (χ1) is 15.6. The molecule has 33 heavy (non-hydrogen) atoms. The number of aliphatic imine (C=N–C) groups is 1. The summed E-state index contributed by atoms with van der Waals surface area (Å²) in [6, 6.07) is 9.84. The van der Waals surface area contributed by atoms with Crippen molar-refractivity contribution < 1.29 is 9.59 Å². The molecule has 1 aromatic carbocycles. The lowest BCUT2D eigenvalue weighted by atomic mass is 10.1. The molecule has 0 spiro atoms. The molecule has 0 radical (unpaired) electrons. The van der Waals surface area contributed by atoms with Crippen molar-refractivity contribution in [3.8, 4) is 0 Å². The summed E-state index contributed by atoms with van der Waals surface area (Å²) in [7, 11) is 1.76. The van der Waals surface area contributed by atoms with E-state index in [-0.39, 0.29) is 41.8 Å². The van der Waals surface area contributed by atoms with E-state index in [0.29, 0.717) is 18.9 Å². The van der Waals surface area contributed by atoms with Crippen LogP contribution in [0.1, 0.15) is 32.1 Å². The minimum atomic E-state index is 0. The number of para-hydroxylation sites is 1. The van der Waals surface area contributed by atoms with Gasteiger partial charge >= 0.3 is 0 Å². The summed E-state index contributed by atoms with van der Waals surface area (Å²) in [4.78, 5) is 35.6. The maximum Gasteiger partial charge on any atom is 0.229 e. The van der Waals surface area contributed by atoms with E-state index in [4.69, 9.17) is 0 Å². The maximum atomic E-state index is 12.6. The van der Waals surface area contributed by atoms with E-state index in [2.05, 4.69) is 25.4 Å². The largest absolute Gasteiger partial charge is 0.355 e. The fourth-order valence-electron chi connectivity index (χ4n) is 5.00. The molecular weight excluding hydrogens is 531 g/mol. The van der Waals surface area contributed by atoms with E-state index in [9.17, 15) is 9.59 Å². The first-order valence-corrected chi connectivity index (χ1v) is 12.0. The smallest absolute Gasteiger partial charge is 0.229 e. The second-order valence-electron chi connectivity index (χ2n) is 9.03. The zero-order chi connectivity index (χ0) is 22.3. The maximum absolute atomic E-state index is 12.6. The van der Waals surface area contributed by atoms with E-state index in [1.807, 2.05) is 35.2 Å². The van der Waals surface area contributed by atoms with Crippen molar-refractivity contribution >= 4 is 47.4 Å². The fourth-order valence-corrected chi connectivity index (χ4v) is 5.00. The van der Waals surface area contributed by atoms with E-state index < -0.39 is 0 Å². The van der Waals surface area contributed by atoms with Gasteiger partial charge in [-0.05, 0) is 25.0 Å². The normalized spacial score (nSPS) is 22.4. The molecule has 1 aliphatic carbocycles. The van der Waals surface area contributed by atoms with E-state index in [1.54, 1.807) is 7.05 Å². The number of carbonyl (C=O) groups excluding carboxylic acids is 2. The minimum absolute atomic E-state index is 0. The van der Waals surface area contributed by atoms with Crippen LogP contribution in [0.25, 0.3) is 0 Å². The molecule has 2 aliphatic heterocycles. The Morgan fingerprint density at radius 3 is 2.45 bits per heavy atom. The summed E-state index contributed by atoms with van der Waals surface area (Å²) in [5, 5.41) is 6.77. The number of guanidine groups is 1. The van der Waals surface area contributed by atoms with Crippen LogP contribution in [0.4, 0.5) is 5.69 Å². The van der Waals surface area contributed by atoms with Gasteiger partial charge in [0.05, 0.1) is 6.04 Å². The molecule has 0 bridgehead atoms. The molecule has 2 saturated heterocycles. The summed E-state index contributed by atoms with van der Waals surface area (Å²) in [5.74, 6) is 1.51. The van der Waals surface area contributed by atoms with Crippen LogP contribution >= 0.6 is 24.0 Å². The van der Waals surface area contributed by atoms with E-state index in [1.165, 1.54) is 12.8 Å². The minimum Gasteiger partial charge on any atom is -0.355 e. The SMILES string of the molecule is CN=C(NCCN1CCN(C(=O)C2CCCC2)CC1)NC1CC(=O)N(c2ccccc2)C1.I. The average molecular weight is 569 g/mol. The van der Waals surface area contributed by atoms with Crippen molar-refractivity contribution in [2.24, 2.45) is 10.9 Å². The third-order valence-electron chi connectivity index (χ3n) is 6.87. The zero-order valence-electron chi connectivity index (χ0n) is 19.5. The van der Waals surface area contributed by atoms with Crippen molar-refractivity contribution in [1.29, 1.82) is 0 Å². The molecule has 2 heterocycles. The number of amides is 2. The highest BCUT2D eigenvalue weighted by Gasteiger charge is 2.31. The van der Waals surface area contributed by atoms with Crippen LogP contribution < -0.4 is 15.5 Å². The van der Waals surface area contributed by atoms with Gasteiger partial charge in [-0.15, -0.1) is 24.0 Å². The second kappa shape index (κ2) is 12.5. The lowest BCUT2D eigenvalue weighted by Gasteiger charge is -2.36. The van der Waals surface area contributed by atoms with Gasteiger partial charge in [0.1, 0.15) is 0 Å². The van der Waals surface area contributed by atoms with Gasteiger partial charge in [-0.3, -0.25) is 19.5 Å². The molecule has 0 aromatic heterocycles. The summed E-state index contributed by atoms with van der Waals surface area (Å²) in [5.41, 5.74) is 0.940. The Bertz CT molecular complexity index is 806. The van der Waals surface area contributed by atoms with E-state index in [0.717, 1.165) is 63.8 Å². The average Bonchev–Trinajstić information content (AvgIpc) is 3.49. The molecule has 4 rings (SSSR count). The zero-order valence-corrected chi connectivity index (χ0v) is 21.9. The Labute approximate surface area is 214 Å². The molecule has 3 fully saturated rings. The van der Waals surface area contributed by atoms with Crippen LogP contribution in [0.3, 0.4) is 0 Å². The third-order valence-corrected chi connectivity index (χ3v) is 6.87. The summed E-state index contributed by atoms with van der Waals surface area (Å²) >= 11 is 0. The summed E-state index contributed by atoms with van der Waals surface area (Å²) in [6.45, 7) is 5.85. The van der Waals surface area contributed by atoms with Crippen molar-refractivity contribution in [3.05, 3.63) is 30.3 Å². The van der Waals surface area contributed by atoms with Gasteiger partial charge in [0.25, 0.3) is 0 Å². The molecule has 182 valence electrons.